The first kappa shape index (κ1) is 117. The Kier molecular flexibility index (Phi) is 57.7. The summed E-state index contributed by atoms with van der Waals surface area (Å²) in [6.07, 6.45) is 5.39. The van der Waals surface area contributed by atoms with Crippen molar-refractivity contribution in [2.45, 2.75) is 117 Å². The summed E-state index contributed by atoms with van der Waals surface area (Å²) in [7, 11) is 7.21. The number of ether oxygens (including phenoxy) is 2. The number of likely N-dealkylation sites (tertiary alicyclic amines) is 1. The maximum Gasteiger partial charge on any atom is 0.328 e. The van der Waals surface area contributed by atoms with Gasteiger partial charge in [-0.3, -0.25) is 57.6 Å². The van der Waals surface area contributed by atoms with E-state index in [1.807, 2.05) is 26.8 Å². The van der Waals surface area contributed by atoms with E-state index in [9.17, 15) is 56.7 Å². The number of carboxylic acid groups (broad SMARTS) is 1. The van der Waals surface area contributed by atoms with E-state index >= 15 is 0 Å². The fourth-order valence-corrected chi connectivity index (χ4v) is 13.4. The molecule has 7 amide bonds. The molecular formula is C70H81Br3ClF2N17O17S15. The van der Waals surface area contributed by atoms with Crippen molar-refractivity contribution in [3.05, 3.63) is 166 Å². The predicted molar refractivity (Wildman–Crippen MR) is 522 cm³/mol. The minimum atomic E-state index is -1.35. The van der Waals surface area contributed by atoms with Crippen LogP contribution in [0.4, 0.5) is 20.4 Å². The second kappa shape index (κ2) is 61.6. The van der Waals surface area contributed by atoms with Crippen LogP contribution in [-0.4, -0.2) is 175 Å². The Hall–Kier alpha value is -7.86. The van der Waals surface area contributed by atoms with Crippen molar-refractivity contribution >= 4 is 299 Å². The van der Waals surface area contributed by atoms with Gasteiger partial charge in [-0.1, -0.05) is 35.5 Å². The SMILES string of the molecule is C.CC(C)(C)OC(=O)CBr.CC(C)(C)OC(=O)Cn1nc(C(N)=O)cc1-c1ccco1.Cl.NC(=O)C1=NCC(c2ccco2)=C1.NC(=O)c1cc(-c2ccco2)n(CC(=O)N2C[C@H](F)C[C@H]2C(=O)Nc2cccc(Br)n2)n1.NC(=O)c1cc(-c2ccco2)n(CC(=O)O)n1.O=C(Nc1cccc(Br)n1)[C@@H]1CC(F)CN1.S.S=S.S=S=S.S=S=S=S.S=S=S=S=S. The summed E-state index contributed by atoms with van der Waals surface area (Å²) in [5.41, 5.74) is 22.2. The fourth-order valence-electron chi connectivity index (χ4n) is 9.83. The number of carbonyl (C=O) groups is 10. The van der Waals surface area contributed by atoms with Gasteiger partial charge in [-0.05, 0) is 152 Å². The van der Waals surface area contributed by atoms with Crippen LogP contribution < -0.4 is 38.9 Å². The largest absolute Gasteiger partial charge is 0.480 e. The number of amides is 7. The quantitative estimate of drug-likeness (QED) is 0.0213. The molecule has 0 aliphatic carbocycles. The Balaban J connectivity index is 0.00000147. The van der Waals surface area contributed by atoms with Crippen LogP contribution in [0.25, 0.3) is 39.9 Å². The van der Waals surface area contributed by atoms with Crippen LogP contribution >= 0.6 is 73.7 Å². The van der Waals surface area contributed by atoms with Gasteiger partial charge < -0.3 is 76.0 Å². The number of pyridine rings is 2. The van der Waals surface area contributed by atoms with Crippen molar-refractivity contribution < 1.29 is 89.0 Å². The second-order valence-electron chi connectivity index (χ2n) is 25.4. The first-order valence-corrected chi connectivity index (χ1v) is 50.0. The Morgan fingerprint density at radius 2 is 0.976 bits per heavy atom. The van der Waals surface area contributed by atoms with Gasteiger partial charge in [-0.2, -0.15) is 28.8 Å². The number of carbonyl (C=O) groups excluding carboxylic acids is 9. The molecule has 680 valence electrons. The summed E-state index contributed by atoms with van der Waals surface area (Å²) < 4.78 is 63.0. The molecule has 2 fully saturated rings. The van der Waals surface area contributed by atoms with Gasteiger partial charge in [-0.15, -0.1) is 12.4 Å². The summed E-state index contributed by atoms with van der Waals surface area (Å²) in [5, 5.41) is 28.9. The van der Waals surface area contributed by atoms with Crippen molar-refractivity contribution in [1.29, 1.82) is 0 Å². The maximum absolute atomic E-state index is 14.2. The summed E-state index contributed by atoms with van der Waals surface area (Å²) in [5.74, 6) is -3.00. The number of aliphatic imine (C=N–C) groups is 1. The average Bonchev–Trinajstić information content (AvgIpc) is 1.65. The highest BCUT2D eigenvalue weighted by molar-refractivity contribution is 9.10. The fraction of sp³-hybridized carbons (Fsp3) is 0.314. The molecule has 0 aromatic carbocycles. The minimum Gasteiger partial charge on any atom is -0.480 e. The molecule has 1 unspecified atom stereocenters. The monoisotopic (exact) mass is 2220 g/mol. The lowest BCUT2D eigenvalue weighted by Crippen LogP contribution is -2.44. The molecule has 125 heavy (non-hydrogen) atoms. The summed E-state index contributed by atoms with van der Waals surface area (Å²) in [6, 6.07) is 26.6. The smallest absolute Gasteiger partial charge is 0.328 e. The Labute approximate surface area is 810 Å². The predicted octanol–water partition coefficient (Wildman–Crippen LogP) is 8.83. The summed E-state index contributed by atoms with van der Waals surface area (Å²) in [4.78, 5) is 128. The van der Waals surface area contributed by atoms with Crippen LogP contribution in [0, 0.1) is 0 Å². The molecule has 4 atom stereocenters. The van der Waals surface area contributed by atoms with Crippen LogP contribution in [0.5, 0.6) is 0 Å². The third-order valence-corrected chi connectivity index (χ3v) is 22.3. The van der Waals surface area contributed by atoms with Crippen LogP contribution in [0.15, 0.2) is 166 Å². The molecule has 0 bridgehead atoms. The summed E-state index contributed by atoms with van der Waals surface area (Å²) >= 11 is 42.5. The van der Waals surface area contributed by atoms with Crippen LogP contribution in [0.1, 0.15) is 99.0 Å². The average molecular weight is 2230 g/mol. The number of aliphatic carboxylic acids is 1. The van der Waals surface area contributed by atoms with Crippen LogP contribution in [0.3, 0.4) is 0 Å². The third-order valence-electron chi connectivity index (χ3n) is 14.3. The molecule has 12 rings (SSSR count). The van der Waals surface area contributed by atoms with Gasteiger partial charge in [0.1, 0.15) is 104 Å². The Bertz CT molecular complexity index is 5340. The normalized spacial score (nSPS) is 14.0. The zero-order valence-electron chi connectivity index (χ0n) is 65.1. The van der Waals surface area contributed by atoms with E-state index < -0.39 is 77.4 Å². The standard InChI is InChI=1S/C20H18BrFN6O4.C14H17N3O4.C10H11BrFN3O.C10H9N3O4.C9H8N2O2.C6H11BrO2.CH4.ClH.S5.S4.S3.S2.H2S/c21-16-4-1-5-17(24-16)25-20(31)14-7-11(22)9-27(14)18(29)10-28-13(15-3-2-6-32-15)8-12(26-28)19(23)30;1-14(2,3)21-12(18)8-17-10(11-5-4-6-20-11)7-9(16-17)13(15)19;11-8-2-1-3-9(14-8)15-10(16)7-4-6(12)5-13-7;11-10(16)6-4-7(8-2-1-3-17-8)13(12-6)5-9(14)15;10-9(12)7-4-6(5-11-7)8-2-1-3-13-8;1-6(2,3)9-5(8)4-7;;;1-3-5-4-2;1-3-4-2;1-3-2;1-2;/h1-6,8,11,14H,7,9-10H2,(H2,23,30)(H,24,25,31);4-7H,8H2,1-3H3,(H2,15,19);1-3,6-7,13H,4-5H2,(H,14,15,16);1-4H,5H2,(H2,11,16)(H,14,15);1-4H,5H2,(H2,10,12);4H2,1-3H3;1H4;1H;;;;;1H2/t11-,14+;;6?,7-;;;;;;;;;;/m1.0........../s1. The van der Waals surface area contributed by atoms with E-state index in [1.165, 1.54) is 90.8 Å². The first-order valence-electron chi connectivity index (χ1n) is 33.9. The van der Waals surface area contributed by atoms with Crippen molar-refractivity contribution in [3.8, 4) is 34.4 Å². The molecule has 34 nitrogen and oxygen atoms in total. The molecule has 55 heteroatoms. The zero-order chi connectivity index (χ0) is 91.4. The van der Waals surface area contributed by atoms with E-state index in [0.29, 0.717) is 61.6 Å². The molecule has 2 saturated heterocycles. The highest BCUT2D eigenvalue weighted by Crippen LogP contribution is 2.28. The number of halogens is 6. The number of furan rings is 4. The van der Waals surface area contributed by atoms with Gasteiger partial charge in [-0.25, -0.2) is 28.1 Å². The lowest BCUT2D eigenvalue weighted by atomic mass is 10.2. The van der Waals surface area contributed by atoms with E-state index in [4.69, 9.17) is 55.2 Å². The molecule has 0 radical (unpaired) electrons. The number of alkyl halides is 3. The highest BCUT2D eigenvalue weighted by atomic mass is 79.9. The van der Waals surface area contributed by atoms with Crippen molar-refractivity contribution in [2.24, 2.45) is 27.9 Å². The number of primary amides is 4. The van der Waals surface area contributed by atoms with Crippen molar-refractivity contribution in [2.75, 3.05) is 35.6 Å². The minimum absolute atomic E-state index is 0. The molecule has 3 aliphatic rings. The number of hydrogen-bond acceptors (Lipinski definition) is 31. The molecule has 0 saturated carbocycles. The molecular weight excluding hydrogens is 2150 g/mol. The lowest BCUT2D eigenvalue weighted by Gasteiger charge is -2.23. The van der Waals surface area contributed by atoms with Crippen molar-refractivity contribution in [1.82, 2.24) is 49.5 Å². The lowest BCUT2D eigenvalue weighted by molar-refractivity contribution is -0.156. The molecule has 12 N–H and O–H groups in total. The van der Waals surface area contributed by atoms with Gasteiger partial charge in [0.15, 0.2) is 34.4 Å². The summed E-state index contributed by atoms with van der Waals surface area (Å²) in [6.45, 7) is 10.5. The number of anilines is 2. The Morgan fingerprint density at radius 1 is 0.576 bits per heavy atom. The molecule has 9 aromatic heterocycles. The van der Waals surface area contributed by atoms with E-state index in [0.717, 1.165) is 29.8 Å². The number of nitrogens with one attached hydrogen (secondary N) is 3. The number of esters is 2. The van der Waals surface area contributed by atoms with E-state index in [2.05, 4.69) is 184 Å². The Morgan fingerprint density at radius 3 is 1.30 bits per heavy atom. The van der Waals surface area contributed by atoms with Crippen LogP contribution in [-0.2, 0) is 205 Å². The number of carboxylic acids is 1. The third kappa shape index (κ3) is 44.1. The van der Waals surface area contributed by atoms with E-state index in [1.54, 1.807) is 112 Å². The number of hydrogen-bond donors (Lipinski definition) is 8. The van der Waals surface area contributed by atoms with Crippen molar-refractivity contribution in [3.63, 3.8) is 0 Å². The number of aromatic nitrogens is 8. The maximum atomic E-state index is 14.2. The number of nitrogens with two attached hydrogens (primary N) is 4. The number of rotatable bonds is 19. The zero-order valence-corrected chi connectivity index (χ0v) is 83.2. The molecule has 12 heterocycles. The van der Waals surface area contributed by atoms with Gasteiger partial charge in [0, 0.05) is 186 Å². The molecule has 3 aliphatic heterocycles. The van der Waals surface area contributed by atoms with Gasteiger partial charge in [0.25, 0.3) is 23.6 Å². The number of nitrogens with zero attached hydrogens (tertiary/aromatic N) is 10. The molecule has 0 spiro atoms. The highest BCUT2D eigenvalue weighted by Gasteiger charge is 2.41. The van der Waals surface area contributed by atoms with E-state index in [-0.39, 0.29) is 125 Å². The topological polar surface area (TPSA) is 497 Å². The van der Waals surface area contributed by atoms with Gasteiger partial charge >= 0.3 is 17.9 Å². The molecule has 9 aromatic rings. The van der Waals surface area contributed by atoms with Gasteiger partial charge in [0.05, 0.1) is 44.2 Å². The second-order valence-corrected chi connectivity index (χ2v) is 38.2. The van der Waals surface area contributed by atoms with Gasteiger partial charge in [0.2, 0.25) is 17.7 Å². The van der Waals surface area contributed by atoms with Crippen LogP contribution in [0.2, 0.25) is 0 Å². The first-order chi connectivity index (χ1) is 57.8.